The van der Waals surface area contributed by atoms with Crippen molar-refractivity contribution in [2.24, 2.45) is 7.05 Å². The van der Waals surface area contributed by atoms with Crippen LogP contribution in [-0.4, -0.2) is 20.4 Å². The van der Waals surface area contributed by atoms with E-state index in [1.807, 2.05) is 17.8 Å². The third-order valence-corrected chi connectivity index (χ3v) is 6.91. The summed E-state index contributed by atoms with van der Waals surface area (Å²) in [6, 6.07) is 11.1. The van der Waals surface area contributed by atoms with Crippen LogP contribution in [0.5, 0.6) is 11.5 Å². The van der Waals surface area contributed by atoms with E-state index in [4.69, 9.17) is 16.3 Å². The van der Waals surface area contributed by atoms with E-state index < -0.39 is 8.03 Å². The van der Waals surface area contributed by atoms with Crippen LogP contribution in [0.3, 0.4) is 0 Å². The molecule has 1 N–H and O–H groups in total. The summed E-state index contributed by atoms with van der Waals surface area (Å²) in [5.74, 6) is 0.468. The van der Waals surface area contributed by atoms with Crippen LogP contribution in [0.4, 0.5) is 5.13 Å². The average molecular weight is 505 g/mol. The summed E-state index contributed by atoms with van der Waals surface area (Å²) in [7, 11) is -0.798. The van der Waals surface area contributed by atoms with Gasteiger partial charge in [0.1, 0.15) is 15.8 Å². The Morgan fingerprint density at radius 1 is 1.22 bits per heavy atom. The zero-order valence-electron chi connectivity index (χ0n) is 16.4. The van der Waals surface area contributed by atoms with E-state index in [-0.39, 0.29) is 11.2 Å². The monoisotopic (exact) mass is 504 g/mol. The number of ether oxygens (including phenoxy) is 1. The number of thiazole rings is 1. The number of imidazole rings is 1. The molecular weight excluding hydrogens is 491 g/mol. The SMILES string of the molecule is Cn1ccnc1Sc1cc(Oc2ccc([P+](=O)[O-])cc2)cc(C(=O)Nc2ncc(Cl)s2)c1. The van der Waals surface area contributed by atoms with Crippen LogP contribution < -0.4 is 20.3 Å². The van der Waals surface area contributed by atoms with Gasteiger partial charge in [0, 0.05) is 29.9 Å². The zero-order valence-corrected chi connectivity index (χ0v) is 19.7. The zero-order chi connectivity index (χ0) is 22.7. The quantitative estimate of drug-likeness (QED) is 0.370. The van der Waals surface area contributed by atoms with Crippen molar-refractivity contribution in [1.29, 1.82) is 0 Å². The van der Waals surface area contributed by atoms with E-state index in [2.05, 4.69) is 15.3 Å². The molecular formula is C20H14ClN4O4PS2. The first-order valence-corrected chi connectivity index (χ1v) is 12.2. The molecule has 0 saturated heterocycles. The summed E-state index contributed by atoms with van der Waals surface area (Å²) in [6.07, 6.45) is 4.97. The number of anilines is 1. The molecule has 0 aliphatic carbocycles. The van der Waals surface area contributed by atoms with Crippen molar-refractivity contribution in [3.8, 4) is 11.5 Å². The first kappa shape index (κ1) is 22.4. The van der Waals surface area contributed by atoms with Crippen LogP contribution in [0.15, 0.2) is 71.1 Å². The van der Waals surface area contributed by atoms with E-state index >= 15 is 0 Å². The highest BCUT2D eigenvalue weighted by Gasteiger charge is 2.15. The number of hydrogen-bond donors (Lipinski definition) is 1. The molecule has 4 rings (SSSR count). The van der Waals surface area contributed by atoms with Crippen molar-refractivity contribution in [3.05, 3.63) is 71.0 Å². The summed E-state index contributed by atoms with van der Waals surface area (Å²) in [4.78, 5) is 33.0. The summed E-state index contributed by atoms with van der Waals surface area (Å²) >= 11 is 8.42. The van der Waals surface area contributed by atoms with Crippen LogP contribution in [0, 0.1) is 0 Å². The minimum Gasteiger partial charge on any atom is -0.591 e. The van der Waals surface area contributed by atoms with Gasteiger partial charge in [-0.1, -0.05) is 39.3 Å². The van der Waals surface area contributed by atoms with Gasteiger partial charge in [0.2, 0.25) is 0 Å². The maximum atomic E-state index is 12.8. The second-order valence-electron chi connectivity index (χ2n) is 6.39. The van der Waals surface area contributed by atoms with E-state index in [9.17, 15) is 14.3 Å². The van der Waals surface area contributed by atoms with Gasteiger partial charge in [0.15, 0.2) is 15.6 Å². The standard InChI is InChI=1S/C20H14ClN4O4PS2/c1-25-7-6-22-20(25)31-16-9-12(18(26)24-19-23-11-17(21)32-19)8-14(10-16)29-13-2-4-15(5-3-13)30(27)28/h2-11H,1H3,(H,23,24,26). The van der Waals surface area contributed by atoms with Crippen LogP contribution in [-0.2, 0) is 11.6 Å². The minimum atomic E-state index is -2.67. The third kappa shape index (κ3) is 5.53. The summed E-state index contributed by atoms with van der Waals surface area (Å²) in [6.45, 7) is 0. The maximum absolute atomic E-state index is 12.8. The van der Waals surface area contributed by atoms with Crippen molar-refractivity contribution in [1.82, 2.24) is 14.5 Å². The maximum Gasteiger partial charge on any atom is 0.348 e. The fourth-order valence-corrected chi connectivity index (χ4v) is 4.72. The Kier molecular flexibility index (Phi) is 6.88. The first-order chi connectivity index (χ1) is 15.4. The highest BCUT2D eigenvalue weighted by molar-refractivity contribution is 7.99. The number of rotatable bonds is 7. The molecule has 162 valence electrons. The number of amides is 1. The lowest BCUT2D eigenvalue weighted by Crippen LogP contribution is -2.12. The largest absolute Gasteiger partial charge is 0.591 e. The fourth-order valence-electron chi connectivity index (χ4n) is 2.63. The number of aryl methyl sites for hydroxylation is 1. The number of nitrogens with zero attached hydrogens (tertiary/aromatic N) is 3. The molecule has 2 heterocycles. The van der Waals surface area contributed by atoms with E-state index in [0.29, 0.717) is 26.5 Å². The molecule has 32 heavy (non-hydrogen) atoms. The lowest BCUT2D eigenvalue weighted by molar-refractivity contribution is -0.160. The average Bonchev–Trinajstić information content (AvgIpc) is 3.36. The van der Waals surface area contributed by atoms with Gasteiger partial charge in [-0.25, -0.2) is 9.97 Å². The molecule has 0 aliphatic rings. The molecule has 0 radical (unpaired) electrons. The van der Waals surface area contributed by atoms with Gasteiger partial charge < -0.3 is 14.2 Å². The fraction of sp³-hybridized carbons (Fsp3) is 0.0500. The molecule has 0 fully saturated rings. The molecule has 1 unspecified atom stereocenters. The van der Waals surface area contributed by atoms with E-state index in [1.165, 1.54) is 30.1 Å². The van der Waals surface area contributed by atoms with Crippen molar-refractivity contribution in [3.63, 3.8) is 0 Å². The Bertz CT molecular complexity index is 1290. The summed E-state index contributed by atoms with van der Waals surface area (Å²) in [5.41, 5.74) is 0.352. The number of aromatic nitrogens is 3. The topological polar surface area (TPSA) is 109 Å². The minimum absolute atomic E-state index is 0.189. The van der Waals surface area contributed by atoms with Gasteiger partial charge in [0.05, 0.1) is 6.20 Å². The van der Waals surface area contributed by atoms with Crippen molar-refractivity contribution in [2.45, 2.75) is 10.1 Å². The highest BCUT2D eigenvalue weighted by Crippen LogP contribution is 2.33. The molecule has 12 heteroatoms. The van der Waals surface area contributed by atoms with Crippen molar-refractivity contribution < 1.29 is 19.0 Å². The van der Waals surface area contributed by atoms with Gasteiger partial charge in [0.25, 0.3) is 5.91 Å². The van der Waals surface area contributed by atoms with Gasteiger partial charge >= 0.3 is 8.03 Å². The second-order valence-corrected chi connectivity index (χ2v) is 10.1. The van der Waals surface area contributed by atoms with Crippen molar-refractivity contribution >= 4 is 59.1 Å². The van der Waals surface area contributed by atoms with Gasteiger partial charge in [-0.3, -0.25) is 10.1 Å². The number of halogens is 1. The molecule has 0 saturated carbocycles. The second kappa shape index (κ2) is 9.81. The summed E-state index contributed by atoms with van der Waals surface area (Å²) in [5, 5.41) is 4.03. The normalized spacial score (nSPS) is 11.3. The summed E-state index contributed by atoms with van der Waals surface area (Å²) < 4.78 is 19.3. The third-order valence-electron chi connectivity index (χ3n) is 4.11. The van der Waals surface area contributed by atoms with Crippen LogP contribution >= 0.6 is 42.7 Å². The Morgan fingerprint density at radius 2 is 2.00 bits per heavy atom. The smallest absolute Gasteiger partial charge is 0.348 e. The van der Waals surface area contributed by atoms with Gasteiger partial charge in [-0.15, -0.1) is 0 Å². The number of benzene rings is 2. The number of carbonyl (C=O) groups is 1. The van der Waals surface area contributed by atoms with Crippen LogP contribution in [0.2, 0.25) is 4.34 Å². The Balaban J connectivity index is 1.63. The van der Waals surface area contributed by atoms with Crippen LogP contribution in [0.25, 0.3) is 0 Å². The Morgan fingerprint density at radius 3 is 2.62 bits per heavy atom. The molecule has 1 atom stereocenters. The van der Waals surface area contributed by atoms with E-state index in [1.54, 1.807) is 36.5 Å². The lowest BCUT2D eigenvalue weighted by Gasteiger charge is -2.11. The molecule has 0 bridgehead atoms. The molecule has 2 aromatic heterocycles. The van der Waals surface area contributed by atoms with Crippen LogP contribution in [0.1, 0.15) is 10.4 Å². The number of nitrogens with one attached hydrogen (secondary N) is 1. The first-order valence-electron chi connectivity index (χ1n) is 9.02. The number of carbonyl (C=O) groups excluding carboxylic acids is 1. The lowest BCUT2D eigenvalue weighted by atomic mass is 10.2. The van der Waals surface area contributed by atoms with Crippen molar-refractivity contribution in [2.75, 3.05) is 5.32 Å². The van der Waals surface area contributed by atoms with E-state index in [0.717, 1.165) is 21.4 Å². The Labute approximate surface area is 197 Å². The van der Waals surface area contributed by atoms with Gasteiger partial charge in [-0.2, -0.15) is 0 Å². The molecule has 0 spiro atoms. The molecule has 2 aromatic carbocycles. The molecule has 4 aromatic rings. The predicted molar refractivity (Wildman–Crippen MR) is 123 cm³/mol. The molecule has 8 nitrogen and oxygen atoms in total. The Hall–Kier alpha value is -2.75. The molecule has 1 amide bonds. The van der Waals surface area contributed by atoms with Gasteiger partial charge in [-0.05, 0) is 42.5 Å². The highest BCUT2D eigenvalue weighted by atomic mass is 35.5. The number of hydrogen-bond acceptors (Lipinski definition) is 8. The predicted octanol–water partition coefficient (Wildman–Crippen LogP) is 4.45. The molecule has 0 aliphatic heterocycles.